The van der Waals surface area contributed by atoms with Gasteiger partial charge in [0.05, 0.1) is 11.3 Å². The van der Waals surface area contributed by atoms with E-state index in [2.05, 4.69) is 20.4 Å². The molecule has 2 aromatic heterocycles. The van der Waals surface area contributed by atoms with Crippen molar-refractivity contribution in [2.24, 2.45) is 0 Å². The molecule has 3 rings (SSSR count). The van der Waals surface area contributed by atoms with E-state index < -0.39 is 11.7 Å². The molecule has 0 saturated carbocycles. The molecule has 5 nitrogen and oxygen atoms in total. The molecule has 2 heterocycles. The predicted molar refractivity (Wildman–Crippen MR) is 84.7 cm³/mol. The summed E-state index contributed by atoms with van der Waals surface area (Å²) in [5, 5.41) is 19.0. The molecule has 0 aliphatic rings. The molecule has 0 aliphatic carbocycles. The maximum absolute atomic E-state index is 12.5. The lowest BCUT2D eigenvalue weighted by Gasteiger charge is -2.05. The molecule has 25 heavy (non-hydrogen) atoms. The minimum absolute atomic E-state index is 0.255. The van der Waals surface area contributed by atoms with E-state index in [0.29, 0.717) is 17.0 Å². The van der Waals surface area contributed by atoms with Gasteiger partial charge in [0, 0.05) is 11.8 Å². The molecule has 8 heteroatoms. The molecule has 0 amide bonds. The highest BCUT2D eigenvalue weighted by Crippen LogP contribution is 2.28. The summed E-state index contributed by atoms with van der Waals surface area (Å²) >= 11 is 0. The van der Waals surface area contributed by atoms with Gasteiger partial charge < -0.3 is 0 Å². The zero-order chi connectivity index (χ0) is 17.9. The highest BCUT2D eigenvalue weighted by molar-refractivity contribution is 5.73. The van der Waals surface area contributed by atoms with Crippen LogP contribution >= 0.6 is 0 Å². The third kappa shape index (κ3) is 3.72. The van der Waals surface area contributed by atoms with Crippen LogP contribution < -0.4 is 0 Å². The fourth-order valence-electron chi connectivity index (χ4n) is 2.15. The number of benzene rings is 1. The number of hydrogen-bond acceptors (Lipinski definition) is 4. The molecule has 0 atom stereocenters. The van der Waals surface area contributed by atoms with E-state index in [-0.39, 0.29) is 5.69 Å². The highest BCUT2D eigenvalue weighted by atomic mass is 19.4. The number of rotatable bonds is 3. The van der Waals surface area contributed by atoms with E-state index in [0.717, 1.165) is 17.8 Å². The van der Waals surface area contributed by atoms with Gasteiger partial charge in [-0.15, -0.1) is 5.10 Å². The van der Waals surface area contributed by atoms with Gasteiger partial charge in [0.15, 0.2) is 5.69 Å². The average molecular weight is 341 g/mol. The lowest BCUT2D eigenvalue weighted by Crippen LogP contribution is -2.05. The molecule has 0 bridgehead atoms. The standard InChI is InChI=1S/C17H10F3N5/c18-17(19,20)13-5-7-14(22-10-13)6-4-11-2-1-3-12(8-11)16-15(9-21)23-25-24-16/h1-8,10H,(H,23,24,25). The summed E-state index contributed by atoms with van der Waals surface area (Å²) in [4.78, 5) is 3.78. The first kappa shape index (κ1) is 16.4. The molecular formula is C17H10F3N5. The van der Waals surface area contributed by atoms with Gasteiger partial charge in [-0.3, -0.25) is 4.98 Å². The maximum atomic E-state index is 12.5. The van der Waals surface area contributed by atoms with Crippen molar-refractivity contribution in [1.82, 2.24) is 20.4 Å². The van der Waals surface area contributed by atoms with Crippen LogP contribution in [0.25, 0.3) is 23.4 Å². The Morgan fingerprint density at radius 1 is 1.12 bits per heavy atom. The Morgan fingerprint density at radius 3 is 2.64 bits per heavy atom. The van der Waals surface area contributed by atoms with Crippen LogP contribution in [0.2, 0.25) is 0 Å². The number of aromatic amines is 1. The monoisotopic (exact) mass is 341 g/mol. The molecule has 0 fully saturated rings. The van der Waals surface area contributed by atoms with E-state index in [1.54, 1.807) is 30.4 Å². The van der Waals surface area contributed by atoms with Gasteiger partial charge in [0.2, 0.25) is 0 Å². The third-order valence-corrected chi connectivity index (χ3v) is 3.38. The van der Waals surface area contributed by atoms with Gasteiger partial charge in [-0.25, -0.2) is 5.10 Å². The van der Waals surface area contributed by atoms with Crippen molar-refractivity contribution in [1.29, 1.82) is 5.26 Å². The van der Waals surface area contributed by atoms with Gasteiger partial charge in [0.1, 0.15) is 11.8 Å². The van der Waals surface area contributed by atoms with Gasteiger partial charge in [-0.05, 0) is 29.8 Å². The summed E-state index contributed by atoms with van der Waals surface area (Å²) in [5.74, 6) is 0. The highest BCUT2D eigenvalue weighted by Gasteiger charge is 2.30. The zero-order valence-electron chi connectivity index (χ0n) is 12.6. The fourth-order valence-corrected chi connectivity index (χ4v) is 2.15. The third-order valence-electron chi connectivity index (χ3n) is 3.38. The number of nitrogens with one attached hydrogen (secondary N) is 1. The molecule has 0 spiro atoms. The fraction of sp³-hybridized carbons (Fsp3) is 0.0588. The predicted octanol–water partition coefficient (Wildman–Crippen LogP) is 3.93. The van der Waals surface area contributed by atoms with Crippen LogP contribution in [0, 0.1) is 11.3 Å². The van der Waals surface area contributed by atoms with Crippen molar-refractivity contribution in [3.63, 3.8) is 0 Å². The van der Waals surface area contributed by atoms with E-state index >= 15 is 0 Å². The van der Waals surface area contributed by atoms with E-state index in [9.17, 15) is 13.2 Å². The van der Waals surface area contributed by atoms with Crippen LogP contribution in [0.4, 0.5) is 13.2 Å². The van der Waals surface area contributed by atoms with Crippen LogP contribution in [0.1, 0.15) is 22.5 Å². The summed E-state index contributed by atoms with van der Waals surface area (Å²) in [6.45, 7) is 0. The number of halogens is 3. The van der Waals surface area contributed by atoms with Crippen molar-refractivity contribution in [3.05, 3.63) is 65.1 Å². The zero-order valence-corrected chi connectivity index (χ0v) is 12.6. The van der Waals surface area contributed by atoms with E-state index in [1.807, 2.05) is 12.1 Å². The Bertz CT molecular complexity index is 949. The SMILES string of the molecule is N#Cc1[nH]nnc1-c1cccc(C=Cc2ccc(C(F)(F)F)cn2)c1. The maximum Gasteiger partial charge on any atom is 0.417 e. The van der Waals surface area contributed by atoms with Crippen LogP contribution in [0.15, 0.2) is 42.6 Å². The lowest BCUT2D eigenvalue weighted by molar-refractivity contribution is -0.137. The van der Waals surface area contributed by atoms with Gasteiger partial charge in [-0.2, -0.15) is 18.4 Å². The van der Waals surface area contributed by atoms with Crippen LogP contribution in [0.3, 0.4) is 0 Å². The summed E-state index contributed by atoms with van der Waals surface area (Å²) in [6, 6.07) is 11.4. The minimum atomic E-state index is -4.40. The minimum Gasteiger partial charge on any atom is -0.256 e. The Kier molecular flexibility index (Phi) is 4.31. The van der Waals surface area contributed by atoms with Crippen molar-refractivity contribution < 1.29 is 13.2 Å². The first-order valence-electron chi connectivity index (χ1n) is 7.10. The summed E-state index contributed by atoms with van der Waals surface area (Å²) in [6.07, 6.45) is -0.289. The quantitative estimate of drug-likeness (QED) is 0.783. The summed E-state index contributed by atoms with van der Waals surface area (Å²) in [5.41, 5.74) is 1.79. The molecule has 0 saturated heterocycles. The van der Waals surface area contributed by atoms with Crippen LogP contribution in [-0.2, 0) is 6.18 Å². The molecule has 1 aromatic carbocycles. The molecule has 0 unspecified atom stereocenters. The number of nitrogens with zero attached hydrogens (tertiary/aromatic N) is 4. The van der Waals surface area contributed by atoms with Gasteiger partial charge in [-0.1, -0.05) is 29.5 Å². The van der Waals surface area contributed by atoms with Gasteiger partial charge >= 0.3 is 6.18 Å². The van der Waals surface area contributed by atoms with Crippen molar-refractivity contribution in [3.8, 4) is 17.3 Å². The van der Waals surface area contributed by atoms with Crippen LogP contribution in [0.5, 0.6) is 0 Å². The van der Waals surface area contributed by atoms with Gasteiger partial charge in [0.25, 0.3) is 0 Å². The largest absolute Gasteiger partial charge is 0.417 e. The Balaban J connectivity index is 1.83. The lowest BCUT2D eigenvalue weighted by atomic mass is 10.1. The second-order valence-electron chi connectivity index (χ2n) is 5.08. The molecule has 0 aliphatic heterocycles. The molecule has 0 radical (unpaired) electrons. The second kappa shape index (κ2) is 6.57. The van der Waals surface area contributed by atoms with E-state index in [4.69, 9.17) is 5.26 Å². The number of alkyl halides is 3. The number of hydrogen-bond donors (Lipinski definition) is 1. The first-order valence-corrected chi connectivity index (χ1v) is 7.10. The topological polar surface area (TPSA) is 78.2 Å². The number of pyridine rings is 1. The number of aromatic nitrogens is 4. The van der Waals surface area contributed by atoms with Crippen molar-refractivity contribution >= 4 is 12.2 Å². The Hall–Kier alpha value is -3.47. The first-order chi connectivity index (χ1) is 12.0. The molecular weight excluding hydrogens is 331 g/mol. The molecule has 124 valence electrons. The normalized spacial score (nSPS) is 11.6. The number of nitriles is 1. The Labute approximate surface area is 140 Å². The van der Waals surface area contributed by atoms with E-state index in [1.165, 1.54) is 6.07 Å². The van der Waals surface area contributed by atoms with Crippen molar-refractivity contribution in [2.75, 3.05) is 0 Å². The smallest absolute Gasteiger partial charge is 0.256 e. The van der Waals surface area contributed by atoms with Crippen LogP contribution in [-0.4, -0.2) is 20.4 Å². The van der Waals surface area contributed by atoms with Crippen molar-refractivity contribution in [2.45, 2.75) is 6.18 Å². The Morgan fingerprint density at radius 2 is 1.96 bits per heavy atom. The summed E-state index contributed by atoms with van der Waals surface area (Å²) in [7, 11) is 0. The summed E-state index contributed by atoms with van der Waals surface area (Å²) < 4.78 is 37.6. The average Bonchev–Trinajstić information content (AvgIpc) is 3.08. The molecule has 3 aromatic rings. The number of H-pyrrole nitrogens is 1. The second-order valence-corrected chi connectivity index (χ2v) is 5.08. The molecule has 1 N–H and O–H groups in total.